The van der Waals surface area contributed by atoms with E-state index in [4.69, 9.17) is 4.74 Å². The molecule has 2 aliphatic rings. The second kappa shape index (κ2) is 6.10. The molecule has 0 saturated carbocycles. The van der Waals surface area contributed by atoms with Crippen LogP contribution in [0.4, 0.5) is 0 Å². The van der Waals surface area contributed by atoms with Gasteiger partial charge in [0.1, 0.15) is 5.01 Å². The van der Waals surface area contributed by atoms with Gasteiger partial charge in [-0.1, -0.05) is 12.1 Å². The van der Waals surface area contributed by atoms with Gasteiger partial charge < -0.3 is 4.74 Å². The van der Waals surface area contributed by atoms with E-state index in [1.54, 1.807) is 19.9 Å². The van der Waals surface area contributed by atoms with Crippen molar-refractivity contribution in [3.63, 3.8) is 0 Å². The molecule has 2 fully saturated rings. The summed E-state index contributed by atoms with van der Waals surface area (Å²) in [5, 5.41) is 0.903. The Kier molecular flexibility index (Phi) is 4.10. The van der Waals surface area contributed by atoms with Gasteiger partial charge in [0.25, 0.3) is 10.2 Å². The van der Waals surface area contributed by atoms with Crippen LogP contribution in [0.2, 0.25) is 0 Å². The SMILES string of the molecule is O=S(=O)(N1CCOCC1)N1CCC[C@@H]1c1nc2ccccc2s1. The van der Waals surface area contributed by atoms with Crippen LogP contribution < -0.4 is 0 Å². The smallest absolute Gasteiger partial charge is 0.282 e. The maximum Gasteiger partial charge on any atom is 0.282 e. The third-order valence-corrected chi connectivity index (χ3v) is 7.58. The summed E-state index contributed by atoms with van der Waals surface area (Å²) < 4.78 is 35.5. The predicted molar refractivity (Wildman–Crippen MR) is 89.6 cm³/mol. The van der Waals surface area contributed by atoms with Crippen LogP contribution in [-0.4, -0.2) is 54.9 Å². The molecule has 0 aliphatic carbocycles. The quantitative estimate of drug-likeness (QED) is 0.847. The molecule has 2 aliphatic heterocycles. The van der Waals surface area contributed by atoms with Crippen LogP contribution in [0.1, 0.15) is 23.9 Å². The Balaban J connectivity index is 1.65. The molecular formula is C15H19N3O3S2. The van der Waals surface area contributed by atoms with E-state index in [1.165, 1.54) is 0 Å². The molecule has 3 heterocycles. The molecule has 8 heteroatoms. The van der Waals surface area contributed by atoms with Gasteiger partial charge in [-0.3, -0.25) is 0 Å². The zero-order valence-electron chi connectivity index (χ0n) is 12.7. The van der Waals surface area contributed by atoms with Gasteiger partial charge in [0.15, 0.2) is 0 Å². The normalized spacial score (nSPS) is 24.4. The lowest BCUT2D eigenvalue weighted by atomic mass is 10.2. The number of fused-ring (bicyclic) bond motifs is 1. The van der Waals surface area contributed by atoms with E-state index in [0.29, 0.717) is 32.8 Å². The number of aromatic nitrogens is 1. The molecule has 23 heavy (non-hydrogen) atoms. The van der Waals surface area contributed by atoms with Crippen molar-refractivity contribution in [1.82, 2.24) is 13.6 Å². The van der Waals surface area contributed by atoms with Gasteiger partial charge in [-0.05, 0) is 25.0 Å². The number of hydrogen-bond donors (Lipinski definition) is 0. The van der Waals surface area contributed by atoms with E-state index in [1.807, 2.05) is 24.3 Å². The molecule has 2 aromatic rings. The van der Waals surface area contributed by atoms with E-state index < -0.39 is 10.2 Å². The van der Waals surface area contributed by atoms with Crippen molar-refractivity contribution < 1.29 is 13.2 Å². The maximum atomic E-state index is 13.0. The van der Waals surface area contributed by atoms with Crippen molar-refractivity contribution in [3.8, 4) is 0 Å². The van der Waals surface area contributed by atoms with Gasteiger partial charge >= 0.3 is 0 Å². The topological polar surface area (TPSA) is 62.7 Å². The zero-order valence-corrected chi connectivity index (χ0v) is 14.4. The average Bonchev–Trinajstić information content (AvgIpc) is 3.22. The first kappa shape index (κ1) is 15.5. The molecule has 0 amide bonds. The second-order valence-electron chi connectivity index (χ2n) is 5.81. The molecule has 0 bridgehead atoms. The number of morpholine rings is 1. The first-order chi connectivity index (χ1) is 11.2. The molecule has 124 valence electrons. The summed E-state index contributed by atoms with van der Waals surface area (Å²) >= 11 is 1.60. The Morgan fingerprint density at radius 1 is 1.17 bits per heavy atom. The van der Waals surface area contributed by atoms with Crippen molar-refractivity contribution in [2.45, 2.75) is 18.9 Å². The lowest BCUT2D eigenvalue weighted by molar-refractivity contribution is 0.0699. The molecule has 6 nitrogen and oxygen atoms in total. The summed E-state index contributed by atoms with van der Waals surface area (Å²) in [5.41, 5.74) is 0.947. The van der Waals surface area contributed by atoms with Crippen LogP contribution >= 0.6 is 11.3 Å². The molecule has 0 N–H and O–H groups in total. The Hall–Kier alpha value is -1.06. The highest BCUT2D eigenvalue weighted by molar-refractivity contribution is 7.86. The molecular weight excluding hydrogens is 334 g/mol. The summed E-state index contributed by atoms with van der Waals surface area (Å²) in [6.45, 7) is 2.38. The van der Waals surface area contributed by atoms with Gasteiger partial charge in [-0.15, -0.1) is 11.3 Å². The number of hydrogen-bond acceptors (Lipinski definition) is 5. The van der Waals surface area contributed by atoms with Gasteiger partial charge in [0.2, 0.25) is 0 Å². The molecule has 0 unspecified atom stereocenters. The summed E-state index contributed by atoms with van der Waals surface area (Å²) in [6.07, 6.45) is 1.72. The number of nitrogens with zero attached hydrogens (tertiary/aromatic N) is 3. The van der Waals surface area contributed by atoms with Crippen molar-refractivity contribution in [3.05, 3.63) is 29.3 Å². The molecule has 1 aromatic carbocycles. The summed E-state index contributed by atoms with van der Waals surface area (Å²) in [7, 11) is -3.44. The first-order valence-electron chi connectivity index (χ1n) is 7.86. The second-order valence-corrected chi connectivity index (χ2v) is 8.75. The van der Waals surface area contributed by atoms with E-state index in [0.717, 1.165) is 28.1 Å². The van der Waals surface area contributed by atoms with E-state index in [2.05, 4.69) is 4.98 Å². The van der Waals surface area contributed by atoms with Crippen molar-refractivity contribution in [1.29, 1.82) is 0 Å². The molecule has 0 spiro atoms. The summed E-state index contributed by atoms with van der Waals surface area (Å²) in [5.74, 6) is 0. The fraction of sp³-hybridized carbons (Fsp3) is 0.533. The van der Waals surface area contributed by atoms with Crippen molar-refractivity contribution in [2.24, 2.45) is 0 Å². The van der Waals surface area contributed by atoms with Crippen LogP contribution in [0.5, 0.6) is 0 Å². The zero-order chi connectivity index (χ0) is 15.9. The van der Waals surface area contributed by atoms with Crippen molar-refractivity contribution in [2.75, 3.05) is 32.8 Å². The molecule has 2 saturated heterocycles. The van der Waals surface area contributed by atoms with Crippen molar-refractivity contribution >= 4 is 31.8 Å². The minimum atomic E-state index is -3.44. The molecule has 0 radical (unpaired) electrons. The van der Waals surface area contributed by atoms with Crippen LogP contribution in [0.25, 0.3) is 10.2 Å². The van der Waals surface area contributed by atoms with Crippen LogP contribution in [0.15, 0.2) is 24.3 Å². The van der Waals surface area contributed by atoms with E-state index >= 15 is 0 Å². The lowest BCUT2D eigenvalue weighted by Crippen LogP contribution is -2.48. The first-order valence-corrected chi connectivity index (χ1v) is 10.1. The Labute approximate surface area is 139 Å². The number of benzene rings is 1. The maximum absolute atomic E-state index is 13.0. The minimum Gasteiger partial charge on any atom is -0.379 e. The minimum absolute atomic E-state index is 0.139. The third kappa shape index (κ3) is 2.78. The third-order valence-electron chi connectivity index (χ3n) is 4.39. The highest BCUT2D eigenvalue weighted by atomic mass is 32.2. The largest absolute Gasteiger partial charge is 0.379 e. The van der Waals surface area contributed by atoms with E-state index in [-0.39, 0.29) is 6.04 Å². The fourth-order valence-electron chi connectivity index (χ4n) is 3.22. The summed E-state index contributed by atoms with van der Waals surface area (Å²) in [6, 6.07) is 7.82. The highest BCUT2D eigenvalue weighted by Crippen LogP contribution is 2.38. The highest BCUT2D eigenvalue weighted by Gasteiger charge is 2.40. The monoisotopic (exact) mass is 353 g/mol. The van der Waals surface area contributed by atoms with Gasteiger partial charge in [0, 0.05) is 19.6 Å². The Morgan fingerprint density at radius 2 is 1.96 bits per heavy atom. The predicted octanol–water partition coefficient (Wildman–Crippen LogP) is 2.01. The molecule has 1 aromatic heterocycles. The number of ether oxygens (including phenoxy) is 1. The van der Waals surface area contributed by atoms with Gasteiger partial charge in [-0.2, -0.15) is 17.0 Å². The Morgan fingerprint density at radius 3 is 2.74 bits per heavy atom. The van der Waals surface area contributed by atoms with Gasteiger partial charge in [-0.25, -0.2) is 4.98 Å². The van der Waals surface area contributed by atoms with Crippen LogP contribution in [0.3, 0.4) is 0 Å². The average molecular weight is 353 g/mol. The van der Waals surface area contributed by atoms with Gasteiger partial charge in [0.05, 0.1) is 29.5 Å². The van der Waals surface area contributed by atoms with E-state index in [9.17, 15) is 8.42 Å². The van der Waals surface area contributed by atoms with Crippen LogP contribution in [0, 0.1) is 0 Å². The summed E-state index contributed by atoms with van der Waals surface area (Å²) in [4.78, 5) is 4.67. The number of rotatable bonds is 3. The molecule has 1 atom stereocenters. The Bertz CT molecular complexity index is 766. The lowest BCUT2D eigenvalue weighted by Gasteiger charge is -2.32. The standard InChI is InChI=1S/C15H19N3O3S2/c19-23(20,17-8-10-21-11-9-17)18-7-3-5-13(18)15-16-12-4-1-2-6-14(12)22-15/h1-2,4,6,13H,3,5,7-11H2/t13-/m1/s1. The number of para-hydroxylation sites is 1. The van der Waals surface area contributed by atoms with Crippen LogP contribution in [-0.2, 0) is 14.9 Å². The fourth-order valence-corrected chi connectivity index (χ4v) is 6.20. The number of thiazole rings is 1. The molecule has 4 rings (SSSR count).